The van der Waals surface area contributed by atoms with E-state index in [9.17, 15) is 4.79 Å². The summed E-state index contributed by atoms with van der Waals surface area (Å²) in [4.78, 5) is 14.6. The predicted molar refractivity (Wildman–Crippen MR) is 82.3 cm³/mol. The monoisotopic (exact) mass is 274 g/mol. The smallest absolute Gasteiger partial charge is 0.226 e. The second-order valence-electron chi connectivity index (χ2n) is 5.69. The summed E-state index contributed by atoms with van der Waals surface area (Å²) in [7, 11) is 0. The van der Waals surface area contributed by atoms with Crippen LogP contribution in [-0.2, 0) is 11.2 Å². The van der Waals surface area contributed by atoms with E-state index in [0.29, 0.717) is 18.4 Å². The van der Waals surface area contributed by atoms with Gasteiger partial charge in [0.2, 0.25) is 5.91 Å². The van der Waals surface area contributed by atoms with E-state index in [1.165, 1.54) is 5.56 Å². The molecule has 1 aromatic carbocycles. The molecule has 0 heterocycles. The fourth-order valence-electron chi connectivity index (χ4n) is 3.21. The van der Waals surface area contributed by atoms with Crippen molar-refractivity contribution >= 4 is 5.91 Å². The van der Waals surface area contributed by atoms with Crippen LogP contribution in [0.1, 0.15) is 31.7 Å². The molecule has 2 rings (SSSR count). The summed E-state index contributed by atoms with van der Waals surface area (Å²) < 4.78 is 0. The quantitative estimate of drug-likeness (QED) is 0.866. The second-order valence-corrected chi connectivity index (χ2v) is 5.69. The average molecular weight is 274 g/mol. The van der Waals surface area contributed by atoms with Crippen LogP contribution in [0.15, 0.2) is 30.3 Å². The summed E-state index contributed by atoms with van der Waals surface area (Å²) in [5.41, 5.74) is 7.09. The highest BCUT2D eigenvalue weighted by atomic mass is 16.2. The standard InChI is InChI=1S/C17H26N2O/c1-2-19(12-11-14-7-4-3-5-8-14)17(20)16-10-6-9-15(16)13-18/h3-5,7-8,15-16H,2,6,9-13,18H2,1H3/t15-,16-/m1/s1. The van der Waals surface area contributed by atoms with Gasteiger partial charge < -0.3 is 10.6 Å². The lowest BCUT2D eigenvalue weighted by Gasteiger charge is -2.27. The van der Waals surface area contributed by atoms with E-state index in [-0.39, 0.29) is 5.92 Å². The molecule has 0 radical (unpaired) electrons. The summed E-state index contributed by atoms with van der Waals surface area (Å²) >= 11 is 0. The van der Waals surface area contributed by atoms with Crippen molar-refractivity contribution in [3.63, 3.8) is 0 Å². The Bertz CT molecular complexity index is 418. The zero-order valence-corrected chi connectivity index (χ0v) is 12.4. The van der Waals surface area contributed by atoms with Crippen LogP contribution < -0.4 is 5.73 Å². The summed E-state index contributed by atoms with van der Waals surface area (Å²) in [6.07, 6.45) is 4.21. The number of nitrogens with two attached hydrogens (primary N) is 1. The van der Waals surface area contributed by atoms with E-state index in [2.05, 4.69) is 31.2 Å². The van der Waals surface area contributed by atoms with Gasteiger partial charge in [-0.1, -0.05) is 36.8 Å². The molecule has 0 aliphatic heterocycles. The highest BCUT2D eigenvalue weighted by molar-refractivity contribution is 5.79. The number of rotatable bonds is 6. The van der Waals surface area contributed by atoms with E-state index in [1.54, 1.807) is 0 Å². The third-order valence-electron chi connectivity index (χ3n) is 4.49. The molecule has 1 saturated carbocycles. The lowest BCUT2D eigenvalue weighted by molar-refractivity contribution is -0.136. The van der Waals surface area contributed by atoms with Gasteiger partial charge in [0, 0.05) is 19.0 Å². The summed E-state index contributed by atoms with van der Waals surface area (Å²) in [6, 6.07) is 10.4. The van der Waals surface area contributed by atoms with Gasteiger partial charge in [-0.15, -0.1) is 0 Å². The van der Waals surface area contributed by atoms with Gasteiger partial charge in [0.15, 0.2) is 0 Å². The molecule has 2 atom stereocenters. The van der Waals surface area contributed by atoms with Crippen LogP contribution in [0, 0.1) is 11.8 Å². The molecule has 0 unspecified atom stereocenters. The third-order valence-corrected chi connectivity index (χ3v) is 4.49. The van der Waals surface area contributed by atoms with Gasteiger partial charge in [-0.3, -0.25) is 4.79 Å². The highest BCUT2D eigenvalue weighted by Gasteiger charge is 2.34. The van der Waals surface area contributed by atoms with Crippen molar-refractivity contribution in [2.45, 2.75) is 32.6 Å². The van der Waals surface area contributed by atoms with Crippen molar-refractivity contribution in [1.29, 1.82) is 0 Å². The fraction of sp³-hybridized carbons (Fsp3) is 0.588. The van der Waals surface area contributed by atoms with Crippen LogP contribution in [-0.4, -0.2) is 30.4 Å². The Morgan fingerprint density at radius 1 is 1.30 bits per heavy atom. The average Bonchev–Trinajstić information content (AvgIpc) is 2.97. The van der Waals surface area contributed by atoms with E-state index in [4.69, 9.17) is 5.73 Å². The number of hydrogen-bond acceptors (Lipinski definition) is 2. The van der Waals surface area contributed by atoms with Crippen molar-refractivity contribution in [1.82, 2.24) is 4.90 Å². The predicted octanol–water partition coefficient (Wildman–Crippen LogP) is 2.45. The Hall–Kier alpha value is -1.35. The Morgan fingerprint density at radius 2 is 2.05 bits per heavy atom. The molecule has 20 heavy (non-hydrogen) atoms. The van der Waals surface area contributed by atoms with E-state index in [0.717, 1.165) is 38.8 Å². The number of amides is 1. The lowest BCUT2D eigenvalue weighted by Crippen LogP contribution is -2.40. The SMILES string of the molecule is CCN(CCc1ccccc1)C(=O)[C@@H]1CCC[C@@H]1CN. The van der Waals surface area contributed by atoms with Gasteiger partial charge in [0.05, 0.1) is 0 Å². The molecule has 0 spiro atoms. The molecule has 3 heteroatoms. The van der Waals surface area contributed by atoms with Gasteiger partial charge in [-0.2, -0.15) is 0 Å². The molecule has 3 nitrogen and oxygen atoms in total. The van der Waals surface area contributed by atoms with Crippen LogP contribution >= 0.6 is 0 Å². The van der Waals surface area contributed by atoms with Crippen LogP contribution in [0.3, 0.4) is 0 Å². The van der Waals surface area contributed by atoms with Crippen molar-refractivity contribution in [2.24, 2.45) is 17.6 Å². The number of benzene rings is 1. The van der Waals surface area contributed by atoms with Crippen molar-refractivity contribution < 1.29 is 4.79 Å². The Balaban J connectivity index is 1.92. The second kappa shape index (κ2) is 7.44. The Kier molecular flexibility index (Phi) is 5.60. The zero-order chi connectivity index (χ0) is 14.4. The van der Waals surface area contributed by atoms with E-state index < -0.39 is 0 Å². The van der Waals surface area contributed by atoms with Crippen molar-refractivity contribution in [3.8, 4) is 0 Å². The topological polar surface area (TPSA) is 46.3 Å². The van der Waals surface area contributed by atoms with Crippen molar-refractivity contribution in [2.75, 3.05) is 19.6 Å². The van der Waals surface area contributed by atoms with Crippen LogP contribution in [0.2, 0.25) is 0 Å². The molecular weight excluding hydrogens is 248 g/mol. The molecule has 1 amide bonds. The number of nitrogens with zero attached hydrogens (tertiary/aromatic N) is 1. The van der Waals surface area contributed by atoms with Crippen LogP contribution in [0.5, 0.6) is 0 Å². The zero-order valence-electron chi connectivity index (χ0n) is 12.4. The molecule has 1 aliphatic rings. The van der Waals surface area contributed by atoms with Crippen LogP contribution in [0.4, 0.5) is 0 Å². The number of likely N-dealkylation sites (N-methyl/N-ethyl adjacent to an activating group) is 1. The van der Waals surface area contributed by atoms with E-state index in [1.807, 2.05) is 11.0 Å². The number of carbonyl (C=O) groups excluding carboxylic acids is 1. The molecular formula is C17H26N2O. The largest absolute Gasteiger partial charge is 0.342 e. The molecule has 0 bridgehead atoms. The molecule has 1 aliphatic carbocycles. The minimum absolute atomic E-state index is 0.163. The summed E-state index contributed by atoms with van der Waals surface area (Å²) in [5, 5.41) is 0. The summed E-state index contributed by atoms with van der Waals surface area (Å²) in [5.74, 6) is 0.875. The highest BCUT2D eigenvalue weighted by Crippen LogP contribution is 2.32. The number of hydrogen-bond donors (Lipinski definition) is 1. The first-order valence-corrected chi connectivity index (χ1v) is 7.79. The molecule has 1 fully saturated rings. The maximum atomic E-state index is 12.6. The minimum Gasteiger partial charge on any atom is -0.342 e. The minimum atomic E-state index is 0.163. The Morgan fingerprint density at radius 3 is 2.70 bits per heavy atom. The maximum absolute atomic E-state index is 12.6. The van der Waals surface area contributed by atoms with E-state index >= 15 is 0 Å². The summed E-state index contributed by atoms with van der Waals surface area (Å²) in [6.45, 7) is 4.31. The molecule has 1 aromatic rings. The van der Waals surface area contributed by atoms with Gasteiger partial charge in [0.1, 0.15) is 0 Å². The van der Waals surface area contributed by atoms with Crippen LogP contribution in [0.25, 0.3) is 0 Å². The number of carbonyl (C=O) groups is 1. The van der Waals surface area contributed by atoms with Gasteiger partial charge in [-0.25, -0.2) is 0 Å². The first kappa shape index (κ1) is 15.0. The maximum Gasteiger partial charge on any atom is 0.226 e. The molecule has 2 N–H and O–H groups in total. The molecule has 0 aromatic heterocycles. The van der Waals surface area contributed by atoms with Gasteiger partial charge in [0.25, 0.3) is 0 Å². The fourth-order valence-corrected chi connectivity index (χ4v) is 3.21. The van der Waals surface area contributed by atoms with Gasteiger partial charge >= 0.3 is 0 Å². The van der Waals surface area contributed by atoms with Crippen molar-refractivity contribution in [3.05, 3.63) is 35.9 Å². The van der Waals surface area contributed by atoms with Gasteiger partial charge in [-0.05, 0) is 44.2 Å². The molecule has 110 valence electrons. The Labute approximate surface area is 122 Å². The first-order chi connectivity index (χ1) is 9.76. The molecule has 0 saturated heterocycles. The normalized spacial score (nSPS) is 21.9. The lowest BCUT2D eigenvalue weighted by atomic mass is 9.94. The third kappa shape index (κ3) is 3.60. The first-order valence-electron chi connectivity index (χ1n) is 7.79.